The van der Waals surface area contributed by atoms with Crippen molar-refractivity contribution in [2.24, 2.45) is 0 Å². The standard InChI is InChI=1S/C12H10N2O4/c1-18-12(15)10-4-2-3-9-8(5-6-14(16)17)7-13-11(9)10/h2-7,13H,1H3. The lowest BCUT2D eigenvalue weighted by Gasteiger charge is -2.00. The van der Waals surface area contributed by atoms with Gasteiger partial charge in [-0.25, -0.2) is 4.79 Å². The Kier molecular flexibility index (Phi) is 3.09. The quantitative estimate of drug-likeness (QED) is 0.511. The molecule has 6 nitrogen and oxygen atoms in total. The maximum atomic E-state index is 11.5. The maximum absolute atomic E-state index is 11.5. The highest BCUT2D eigenvalue weighted by molar-refractivity contribution is 6.05. The van der Waals surface area contributed by atoms with Crippen molar-refractivity contribution in [3.8, 4) is 0 Å². The van der Waals surface area contributed by atoms with E-state index in [1.807, 2.05) is 0 Å². The Labute approximate surface area is 102 Å². The lowest BCUT2D eigenvalue weighted by atomic mass is 10.1. The second-order valence-electron chi connectivity index (χ2n) is 3.56. The van der Waals surface area contributed by atoms with Crippen LogP contribution in [-0.2, 0) is 4.74 Å². The first-order valence-corrected chi connectivity index (χ1v) is 5.13. The summed E-state index contributed by atoms with van der Waals surface area (Å²) < 4.78 is 4.67. The van der Waals surface area contributed by atoms with Crippen LogP contribution in [0.5, 0.6) is 0 Å². The van der Waals surface area contributed by atoms with Crippen molar-refractivity contribution >= 4 is 22.9 Å². The molecule has 2 aromatic rings. The zero-order valence-corrected chi connectivity index (χ0v) is 9.54. The number of esters is 1. The highest BCUT2D eigenvalue weighted by Gasteiger charge is 2.12. The fourth-order valence-electron chi connectivity index (χ4n) is 1.74. The van der Waals surface area contributed by atoms with Crippen LogP contribution in [0.1, 0.15) is 15.9 Å². The van der Waals surface area contributed by atoms with Gasteiger partial charge in [-0.05, 0) is 6.07 Å². The summed E-state index contributed by atoms with van der Waals surface area (Å²) in [5.41, 5.74) is 1.65. The van der Waals surface area contributed by atoms with Crippen molar-refractivity contribution in [3.05, 3.63) is 51.8 Å². The number of para-hydroxylation sites is 1. The number of benzene rings is 1. The van der Waals surface area contributed by atoms with Crippen LogP contribution in [0, 0.1) is 10.1 Å². The number of nitro groups is 1. The van der Waals surface area contributed by atoms with Crippen molar-refractivity contribution in [2.45, 2.75) is 0 Å². The first kappa shape index (κ1) is 11.8. The molecule has 0 aliphatic heterocycles. The van der Waals surface area contributed by atoms with Gasteiger partial charge in [0.15, 0.2) is 0 Å². The number of methoxy groups -OCH3 is 1. The van der Waals surface area contributed by atoms with Gasteiger partial charge in [-0.1, -0.05) is 12.1 Å². The zero-order valence-electron chi connectivity index (χ0n) is 9.54. The summed E-state index contributed by atoms with van der Waals surface area (Å²) in [5, 5.41) is 11.0. The number of nitrogens with one attached hydrogen (secondary N) is 1. The zero-order chi connectivity index (χ0) is 13.1. The van der Waals surface area contributed by atoms with Gasteiger partial charge in [-0.3, -0.25) is 10.1 Å². The molecule has 0 aliphatic carbocycles. The fraction of sp³-hybridized carbons (Fsp3) is 0.0833. The number of ether oxygens (including phenoxy) is 1. The third kappa shape index (κ3) is 2.08. The van der Waals surface area contributed by atoms with Crippen LogP contribution in [0.2, 0.25) is 0 Å². The number of hydrogen-bond acceptors (Lipinski definition) is 4. The predicted octanol–water partition coefficient (Wildman–Crippen LogP) is 2.20. The SMILES string of the molecule is COC(=O)c1cccc2c(C=C[N+](=O)[O-])c[nH]c12. The van der Waals surface area contributed by atoms with E-state index < -0.39 is 10.9 Å². The molecule has 0 saturated carbocycles. The molecule has 0 unspecified atom stereocenters. The Morgan fingerprint density at radius 2 is 2.28 bits per heavy atom. The lowest BCUT2D eigenvalue weighted by molar-refractivity contribution is -0.400. The normalized spacial score (nSPS) is 10.9. The van der Waals surface area contributed by atoms with Crippen molar-refractivity contribution in [2.75, 3.05) is 7.11 Å². The van der Waals surface area contributed by atoms with Crippen LogP contribution < -0.4 is 0 Å². The van der Waals surface area contributed by atoms with Gasteiger partial charge in [-0.15, -0.1) is 0 Å². The van der Waals surface area contributed by atoms with Gasteiger partial charge in [-0.2, -0.15) is 0 Å². The number of hydrogen-bond donors (Lipinski definition) is 1. The van der Waals surface area contributed by atoms with E-state index in [9.17, 15) is 14.9 Å². The predicted molar refractivity (Wildman–Crippen MR) is 65.7 cm³/mol. The molecule has 0 spiro atoms. The minimum Gasteiger partial charge on any atom is -0.465 e. The number of H-pyrrole nitrogens is 1. The summed E-state index contributed by atoms with van der Waals surface area (Å²) in [6.07, 6.45) is 3.84. The molecule has 0 amide bonds. The van der Waals surface area contributed by atoms with Crippen LogP contribution in [0.25, 0.3) is 17.0 Å². The van der Waals surface area contributed by atoms with Crippen molar-refractivity contribution in [1.29, 1.82) is 0 Å². The minimum absolute atomic E-state index is 0.399. The summed E-state index contributed by atoms with van der Waals surface area (Å²) in [6.45, 7) is 0. The molecule has 0 saturated heterocycles. The molecule has 0 radical (unpaired) electrons. The van der Waals surface area contributed by atoms with Crippen molar-refractivity contribution in [1.82, 2.24) is 4.98 Å². The number of carbonyl (C=O) groups is 1. The van der Waals surface area contributed by atoms with E-state index in [-0.39, 0.29) is 0 Å². The Morgan fingerprint density at radius 1 is 1.50 bits per heavy atom. The monoisotopic (exact) mass is 246 g/mol. The molecule has 0 fully saturated rings. The summed E-state index contributed by atoms with van der Waals surface area (Å²) >= 11 is 0. The molecule has 1 heterocycles. The third-order valence-corrected chi connectivity index (χ3v) is 2.53. The molecule has 1 N–H and O–H groups in total. The van der Waals surface area contributed by atoms with E-state index in [1.54, 1.807) is 24.4 Å². The van der Waals surface area contributed by atoms with Gasteiger partial charge in [0.05, 0.1) is 23.1 Å². The summed E-state index contributed by atoms with van der Waals surface area (Å²) in [4.78, 5) is 24.2. The van der Waals surface area contributed by atoms with Gasteiger partial charge in [0, 0.05) is 23.2 Å². The van der Waals surface area contributed by atoms with Gasteiger partial charge in [0.1, 0.15) is 0 Å². The van der Waals surface area contributed by atoms with Crippen LogP contribution in [0.4, 0.5) is 0 Å². The Morgan fingerprint density at radius 3 is 2.94 bits per heavy atom. The molecule has 0 bridgehead atoms. The highest BCUT2D eigenvalue weighted by Crippen LogP contribution is 2.23. The molecule has 6 heteroatoms. The molecular weight excluding hydrogens is 236 g/mol. The average Bonchev–Trinajstić information content (AvgIpc) is 2.78. The van der Waals surface area contributed by atoms with E-state index >= 15 is 0 Å². The molecule has 1 aromatic carbocycles. The molecule has 0 aliphatic rings. The Bertz CT molecular complexity index is 643. The molecule has 18 heavy (non-hydrogen) atoms. The Balaban J connectivity index is 2.55. The van der Waals surface area contributed by atoms with E-state index in [0.717, 1.165) is 11.6 Å². The van der Waals surface area contributed by atoms with Gasteiger partial charge >= 0.3 is 5.97 Å². The number of aromatic amines is 1. The smallest absolute Gasteiger partial charge is 0.339 e. The number of aromatic nitrogens is 1. The topological polar surface area (TPSA) is 85.2 Å². The first-order valence-electron chi connectivity index (χ1n) is 5.13. The van der Waals surface area contributed by atoms with E-state index in [4.69, 9.17) is 0 Å². The van der Waals surface area contributed by atoms with Crippen LogP contribution in [-0.4, -0.2) is 23.0 Å². The third-order valence-electron chi connectivity index (χ3n) is 2.53. The van der Waals surface area contributed by atoms with Crippen molar-refractivity contribution < 1.29 is 14.5 Å². The van der Waals surface area contributed by atoms with E-state index in [1.165, 1.54) is 13.2 Å². The molecule has 2 rings (SSSR count). The number of rotatable bonds is 3. The van der Waals surface area contributed by atoms with Crippen molar-refractivity contribution in [3.63, 3.8) is 0 Å². The lowest BCUT2D eigenvalue weighted by Crippen LogP contribution is -2.01. The maximum Gasteiger partial charge on any atom is 0.339 e. The van der Waals surface area contributed by atoms with Gasteiger partial charge in [0.2, 0.25) is 6.20 Å². The van der Waals surface area contributed by atoms with Crippen LogP contribution >= 0.6 is 0 Å². The number of fused-ring (bicyclic) bond motifs is 1. The number of carbonyl (C=O) groups excluding carboxylic acids is 1. The highest BCUT2D eigenvalue weighted by atomic mass is 16.6. The van der Waals surface area contributed by atoms with Gasteiger partial charge in [0.25, 0.3) is 0 Å². The van der Waals surface area contributed by atoms with Crippen LogP contribution in [0.3, 0.4) is 0 Å². The average molecular weight is 246 g/mol. The van der Waals surface area contributed by atoms with E-state index in [0.29, 0.717) is 16.6 Å². The molecule has 1 aromatic heterocycles. The number of nitrogens with zero attached hydrogens (tertiary/aromatic N) is 1. The second-order valence-corrected chi connectivity index (χ2v) is 3.56. The summed E-state index contributed by atoms with van der Waals surface area (Å²) in [5.74, 6) is -0.452. The second kappa shape index (κ2) is 4.70. The molecular formula is C12H10N2O4. The first-order chi connectivity index (χ1) is 8.63. The van der Waals surface area contributed by atoms with E-state index in [2.05, 4.69) is 9.72 Å². The largest absolute Gasteiger partial charge is 0.465 e. The van der Waals surface area contributed by atoms with Crippen LogP contribution in [0.15, 0.2) is 30.6 Å². The Hall–Kier alpha value is -2.63. The summed E-state index contributed by atoms with van der Waals surface area (Å²) in [7, 11) is 1.30. The fourth-order valence-corrected chi connectivity index (χ4v) is 1.74. The minimum atomic E-state index is -0.539. The van der Waals surface area contributed by atoms with Gasteiger partial charge < -0.3 is 9.72 Å². The molecule has 92 valence electrons. The molecule has 0 atom stereocenters. The summed E-state index contributed by atoms with van der Waals surface area (Å²) in [6, 6.07) is 5.11.